The molecule has 3 rings (SSSR count). The Morgan fingerprint density at radius 2 is 2.08 bits per heavy atom. The number of hydrogen-bond donors (Lipinski definition) is 2. The summed E-state index contributed by atoms with van der Waals surface area (Å²) in [6.45, 7) is 7.23. The van der Waals surface area contributed by atoms with E-state index in [0.29, 0.717) is 24.9 Å². The van der Waals surface area contributed by atoms with Crippen molar-refractivity contribution in [3.63, 3.8) is 0 Å². The normalized spacial score (nSPS) is 16.5. The van der Waals surface area contributed by atoms with Crippen molar-refractivity contribution in [3.05, 3.63) is 35.7 Å². The predicted octanol–water partition coefficient (Wildman–Crippen LogP) is 3.19. The van der Waals surface area contributed by atoms with Crippen molar-refractivity contribution < 1.29 is 14.1 Å². The van der Waals surface area contributed by atoms with Crippen molar-refractivity contribution in [2.45, 2.75) is 45.6 Å². The van der Waals surface area contributed by atoms with Crippen molar-refractivity contribution in [2.75, 3.05) is 18.5 Å². The lowest BCUT2D eigenvalue weighted by molar-refractivity contribution is 0.0506. The number of aromatic nitrogens is 3. The van der Waals surface area contributed by atoms with Gasteiger partial charge in [0, 0.05) is 37.2 Å². The molecule has 2 aromatic rings. The van der Waals surface area contributed by atoms with E-state index in [9.17, 15) is 4.79 Å². The van der Waals surface area contributed by atoms with Gasteiger partial charge in [0.15, 0.2) is 5.82 Å². The van der Waals surface area contributed by atoms with Crippen LogP contribution in [0.5, 0.6) is 0 Å². The van der Waals surface area contributed by atoms with E-state index in [0.717, 1.165) is 24.1 Å². The minimum atomic E-state index is -0.346. The van der Waals surface area contributed by atoms with Gasteiger partial charge in [0.05, 0.1) is 0 Å². The van der Waals surface area contributed by atoms with Crippen LogP contribution < -0.4 is 10.6 Å². The van der Waals surface area contributed by atoms with Crippen LogP contribution in [0.4, 0.5) is 10.5 Å². The Balaban J connectivity index is 1.76. The van der Waals surface area contributed by atoms with Crippen LogP contribution >= 0.6 is 0 Å². The van der Waals surface area contributed by atoms with Gasteiger partial charge in [0.2, 0.25) is 5.89 Å². The molecule has 2 amide bonds. The highest BCUT2D eigenvalue weighted by atomic mass is 16.5. The number of rotatable bonds is 5. The van der Waals surface area contributed by atoms with E-state index in [2.05, 4.69) is 25.8 Å². The summed E-state index contributed by atoms with van der Waals surface area (Å²) in [4.78, 5) is 21.1. The van der Waals surface area contributed by atoms with Crippen LogP contribution in [0.3, 0.4) is 0 Å². The van der Waals surface area contributed by atoms with Gasteiger partial charge in [-0.3, -0.25) is 4.98 Å². The summed E-state index contributed by atoms with van der Waals surface area (Å²) in [5.74, 6) is 1.44. The second-order valence-corrected chi connectivity index (χ2v) is 6.86. The van der Waals surface area contributed by atoms with Crippen LogP contribution in [-0.4, -0.2) is 34.4 Å². The minimum Gasteiger partial charge on any atom is -0.381 e. The molecule has 1 aliphatic heterocycles. The standard InChI is InChI=1S/C18H25N5O3/c1-11(2)16-22-17(26-23-16)15(13-5-8-25-9-6-13)21-18(24)20-14-4-7-19-10-12(14)3/h4,7,10-11,13,15H,5-6,8-9H2,1-3H3,(H2,19,20,21,24)/t15-/m1/s1. The van der Waals surface area contributed by atoms with Crippen molar-refractivity contribution in [3.8, 4) is 0 Å². The molecule has 8 nitrogen and oxygen atoms in total. The van der Waals surface area contributed by atoms with Gasteiger partial charge in [-0.2, -0.15) is 4.98 Å². The molecule has 0 spiro atoms. The summed E-state index contributed by atoms with van der Waals surface area (Å²) < 4.78 is 10.9. The highest BCUT2D eigenvalue weighted by molar-refractivity contribution is 5.90. The smallest absolute Gasteiger partial charge is 0.319 e. The largest absolute Gasteiger partial charge is 0.381 e. The van der Waals surface area contributed by atoms with Crippen LogP contribution in [0.25, 0.3) is 0 Å². The number of nitrogens with zero attached hydrogens (tertiary/aromatic N) is 3. The van der Waals surface area contributed by atoms with E-state index in [-0.39, 0.29) is 23.9 Å². The lowest BCUT2D eigenvalue weighted by atomic mass is 9.91. The average Bonchev–Trinajstić information content (AvgIpc) is 3.12. The number of amides is 2. The van der Waals surface area contributed by atoms with Crippen LogP contribution in [-0.2, 0) is 4.74 Å². The quantitative estimate of drug-likeness (QED) is 0.850. The number of pyridine rings is 1. The Bertz CT molecular complexity index is 740. The molecular formula is C18H25N5O3. The zero-order valence-electron chi connectivity index (χ0n) is 15.4. The number of hydrogen-bond acceptors (Lipinski definition) is 6. The Labute approximate surface area is 152 Å². The first-order chi connectivity index (χ1) is 12.5. The molecule has 0 aliphatic carbocycles. The number of carbonyl (C=O) groups excluding carboxylic acids is 1. The third kappa shape index (κ3) is 4.37. The summed E-state index contributed by atoms with van der Waals surface area (Å²) in [7, 11) is 0. The van der Waals surface area contributed by atoms with Crippen molar-refractivity contribution in [2.24, 2.45) is 5.92 Å². The van der Waals surface area contributed by atoms with Gasteiger partial charge in [-0.15, -0.1) is 0 Å². The van der Waals surface area contributed by atoms with Crippen molar-refractivity contribution >= 4 is 11.7 Å². The van der Waals surface area contributed by atoms with Gasteiger partial charge >= 0.3 is 6.03 Å². The fourth-order valence-corrected chi connectivity index (χ4v) is 2.95. The fraction of sp³-hybridized carbons (Fsp3) is 0.556. The maximum absolute atomic E-state index is 12.6. The fourth-order valence-electron chi connectivity index (χ4n) is 2.95. The molecule has 26 heavy (non-hydrogen) atoms. The zero-order chi connectivity index (χ0) is 18.5. The second-order valence-electron chi connectivity index (χ2n) is 6.86. The summed E-state index contributed by atoms with van der Waals surface area (Å²) in [6.07, 6.45) is 5.02. The third-order valence-corrected chi connectivity index (χ3v) is 4.53. The predicted molar refractivity (Wildman–Crippen MR) is 95.8 cm³/mol. The van der Waals surface area contributed by atoms with Crippen LogP contribution in [0.2, 0.25) is 0 Å². The van der Waals surface area contributed by atoms with E-state index in [4.69, 9.17) is 9.26 Å². The first-order valence-corrected chi connectivity index (χ1v) is 8.94. The first kappa shape index (κ1) is 18.3. The Kier molecular flexibility index (Phi) is 5.82. The first-order valence-electron chi connectivity index (χ1n) is 8.94. The number of urea groups is 1. The monoisotopic (exact) mass is 359 g/mol. The Hall–Kier alpha value is -2.48. The van der Waals surface area contributed by atoms with Gasteiger partial charge in [-0.05, 0) is 37.3 Å². The molecule has 3 heterocycles. The molecule has 140 valence electrons. The summed E-state index contributed by atoms with van der Waals surface area (Å²) in [5.41, 5.74) is 1.61. The average molecular weight is 359 g/mol. The van der Waals surface area contributed by atoms with Gasteiger partial charge in [-0.25, -0.2) is 4.79 Å². The van der Waals surface area contributed by atoms with Gasteiger partial charge in [-0.1, -0.05) is 19.0 Å². The van der Waals surface area contributed by atoms with E-state index in [1.54, 1.807) is 18.5 Å². The van der Waals surface area contributed by atoms with Gasteiger partial charge < -0.3 is 19.9 Å². The van der Waals surface area contributed by atoms with Crippen LogP contribution in [0.1, 0.15) is 55.9 Å². The maximum Gasteiger partial charge on any atom is 0.319 e. The van der Waals surface area contributed by atoms with Gasteiger partial charge in [0.25, 0.3) is 0 Å². The topological polar surface area (TPSA) is 102 Å². The van der Waals surface area contributed by atoms with E-state index in [1.807, 2.05) is 20.8 Å². The highest BCUT2D eigenvalue weighted by Crippen LogP contribution is 2.30. The lowest BCUT2D eigenvalue weighted by Crippen LogP contribution is -2.38. The maximum atomic E-state index is 12.6. The molecule has 0 unspecified atom stereocenters. The SMILES string of the molecule is Cc1cnccc1NC(=O)N[C@@H](c1nc(C(C)C)no1)C1CCOCC1. The second kappa shape index (κ2) is 8.27. The summed E-state index contributed by atoms with van der Waals surface area (Å²) in [5, 5.41) is 9.92. The van der Waals surface area contributed by atoms with Gasteiger partial charge in [0.1, 0.15) is 6.04 Å². The van der Waals surface area contributed by atoms with E-state index in [1.165, 1.54) is 0 Å². The molecule has 0 radical (unpaired) electrons. The van der Waals surface area contributed by atoms with Crippen molar-refractivity contribution in [1.29, 1.82) is 0 Å². The zero-order valence-corrected chi connectivity index (χ0v) is 15.4. The molecular weight excluding hydrogens is 334 g/mol. The molecule has 0 bridgehead atoms. The number of ether oxygens (including phenoxy) is 1. The molecule has 1 aliphatic rings. The minimum absolute atomic E-state index is 0.163. The molecule has 1 atom stereocenters. The molecule has 0 aromatic carbocycles. The van der Waals surface area contributed by atoms with Crippen LogP contribution in [0.15, 0.2) is 23.0 Å². The summed E-state index contributed by atoms with van der Waals surface area (Å²) >= 11 is 0. The molecule has 2 N–H and O–H groups in total. The number of nitrogens with one attached hydrogen (secondary N) is 2. The Morgan fingerprint density at radius 3 is 2.73 bits per heavy atom. The number of anilines is 1. The van der Waals surface area contributed by atoms with E-state index < -0.39 is 0 Å². The number of carbonyl (C=O) groups is 1. The molecule has 1 saturated heterocycles. The lowest BCUT2D eigenvalue weighted by Gasteiger charge is -2.28. The molecule has 1 fully saturated rings. The number of aryl methyl sites for hydroxylation is 1. The molecule has 8 heteroatoms. The van der Waals surface area contributed by atoms with Crippen LogP contribution in [0, 0.1) is 12.8 Å². The highest BCUT2D eigenvalue weighted by Gasteiger charge is 2.31. The third-order valence-electron chi connectivity index (χ3n) is 4.53. The molecule has 0 saturated carbocycles. The summed E-state index contributed by atoms with van der Waals surface area (Å²) in [6, 6.07) is 1.11. The molecule has 2 aromatic heterocycles. The Morgan fingerprint density at radius 1 is 1.31 bits per heavy atom. The van der Waals surface area contributed by atoms with Crippen molar-refractivity contribution in [1.82, 2.24) is 20.4 Å². The van der Waals surface area contributed by atoms with E-state index >= 15 is 0 Å².